The van der Waals surface area contributed by atoms with Crippen molar-refractivity contribution < 1.29 is 4.74 Å². The minimum absolute atomic E-state index is 0.310. The van der Waals surface area contributed by atoms with Crippen LogP contribution in [0.1, 0.15) is 26.7 Å². The summed E-state index contributed by atoms with van der Waals surface area (Å²) in [5.41, 5.74) is 2.77. The van der Waals surface area contributed by atoms with Gasteiger partial charge in [-0.15, -0.1) is 0 Å². The average Bonchev–Trinajstić information content (AvgIpc) is 3.02. The van der Waals surface area contributed by atoms with Crippen LogP contribution in [0.4, 0.5) is 0 Å². The molecule has 1 aliphatic rings. The molecule has 0 aliphatic carbocycles. The number of unbranched alkanes of at least 4 members (excludes halogenated alkanes) is 1. The molecular weight excluding hydrogens is 402 g/mol. The highest BCUT2D eigenvalue weighted by Crippen LogP contribution is 2.78. The topological polar surface area (TPSA) is 9.23 Å². The third-order valence-corrected chi connectivity index (χ3v) is 15.1. The van der Waals surface area contributed by atoms with Crippen molar-refractivity contribution in [3.8, 4) is 16.9 Å². The van der Waals surface area contributed by atoms with Crippen LogP contribution in [0.15, 0.2) is 72.8 Å². The van der Waals surface area contributed by atoms with E-state index < -0.39 is 6.95 Å². The molecule has 152 valence electrons. The van der Waals surface area contributed by atoms with Gasteiger partial charge in [0, 0.05) is 24.2 Å². The van der Waals surface area contributed by atoms with Crippen molar-refractivity contribution in [3.63, 3.8) is 0 Å². The second kappa shape index (κ2) is 7.96. The Morgan fingerprint density at radius 3 is 2.23 bits per heavy atom. The van der Waals surface area contributed by atoms with Crippen LogP contribution in [0.25, 0.3) is 32.7 Å². The predicted octanol–water partition coefficient (Wildman–Crippen LogP) is 8.06. The number of hydrogen-bond donors (Lipinski definition) is 0. The molecule has 1 heterocycles. The molecule has 3 heteroatoms. The first-order chi connectivity index (χ1) is 14.6. The van der Waals surface area contributed by atoms with E-state index in [-0.39, 0.29) is 0 Å². The van der Waals surface area contributed by atoms with Crippen molar-refractivity contribution in [1.29, 1.82) is 0 Å². The van der Waals surface area contributed by atoms with Crippen molar-refractivity contribution in [3.05, 3.63) is 72.8 Å². The predicted molar refractivity (Wildman–Crippen MR) is 138 cm³/mol. The van der Waals surface area contributed by atoms with Gasteiger partial charge in [0.2, 0.25) is 5.85 Å². The Labute approximate surface area is 181 Å². The van der Waals surface area contributed by atoms with E-state index in [1.165, 1.54) is 57.0 Å². The molecule has 0 amide bonds. The quantitative estimate of drug-likeness (QED) is 0.176. The van der Waals surface area contributed by atoms with Crippen LogP contribution in [0.5, 0.6) is 5.75 Å². The lowest BCUT2D eigenvalue weighted by atomic mass is 9.92. The van der Waals surface area contributed by atoms with Gasteiger partial charge >= 0.3 is 0 Å². The summed E-state index contributed by atoms with van der Waals surface area (Å²) in [6, 6.07) is 26.7. The van der Waals surface area contributed by atoms with Gasteiger partial charge in [-0.3, -0.25) is 0 Å². The summed E-state index contributed by atoms with van der Waals surface area (Å²) in [6.07, 6.45) is 3.90. The van der Waals surface area contributed by atoms with Gasteiger partial charge < -0.3 is 4.74 Å². The standard InChI is InChI=1S/C27H29OP2/c1-4-5-17-29-30(3)19(2)28-25-16-10-15-24(27(25)30)26-22-13-8-6-11-20(22)18-21-12-7-9-14-23(21)26/h6-16,18-19,29H,4-5,17H2,1-3H3/q+1. The van der Waals surface area contributed by atoms with Gasteiger partial charge in [0.25, 0.3) is 0 Å². The SMILES string of the molecule is CCCCP[P+]1(C)c2c(cccc2-c2c3ccccc3cc3ccccc23)OC1C. The smallest absolute Gasteiger partial charge is 0.209 e. The van der Waals surface area contributed by atoms with Crippen LogP contribution in [0, 0.1) is 0 Å². The largest absolute Gasteiger partial charge is 0.453 e. The molecule has 0 saturated carbocycles. The first-order valence-electron chi connectivity index (χ1n) is 11.0. The number of hydrogen-bond acceptors (Lipinski definition) is 1. The zero-order valence-electron chi connectivity index (χ0n) is 18.0. The highest BCUT2D eigenvalue weighted by molar-refractivity contribution is 8.35. The maximum Gasteiger partial charge on any atom is 0.209 e. The molecule has 5 rings (SSSR count). The highest BCUT2D eigenvalue weighted by atomic mass is 32.1. The summed E-state index contributed by atoms with van der Waals surface area (Å²) < 4.78 is 6.50. The number of ether oxygens (including phenoxy) is 1. The lowest BCUT2D eigenvalue weighted by Crippen LogP contribution is -2.13. The molecule has 0 spiro atoms. The van der Waals surface area contributed by atoms with Crippen molar-refractivity contribution >= 4 is 42.1 Å². The summed E-state index contributed by atoms with van der Waals surface area (Å²) >= 11 is 0. The van der Waals surface area contributed by atoms with Gasteiger partial charge in [-0.25, -0.2) is 0 Å². The van der Waals surface area contributed by atoms with Crippen LogP contribution in [0.3, 0.4) is 0 Å². The summed E-state index contributed by atoms with van der Waals surface area (Å²) in [6.45, 7) is 5.75. The summed E-state index contributed by atoms with van der Waals surface area (Å²) in [5.74, 6) is 1.43. The van der Waals surface area contributed by atoms with E-state index in [1.807, 2.05) is 0 Å². The Kier molecular flexibility index (Phi) is 5.30. The first kappa shape index (κ1) is 20.0. The van der Waals surface area contributed by atoms with Gasteiger partial charge in [0.1, 0.15) is 12.3 Å². The summed E-state index contributed by atoms with van der Waals surface area (Å²) in [4.78, 5) is 0. The molecule has 0 aromatic heterocycles. The molecule has 30 heavy (non-hydrogen) atoms. The van der Waals surface area contributed by atoms with Crippen LogP contribution < -0.4 is 10.0 Å². The fraction of sp³-hybridized carbons (Fsp3) is 0.259. The Bertz CT molecular complexity index is 1180. The maximum atomic E-state index is 6.50. The average molecular weight is 431 g/mol. The van der Waals surface area contributed by atoms with E-state index in [2.05, 4.69) is 93.3 Å². The van der Waals surface area contributed by atoms with Crippen molar-refractivity contribution in [2.24, 2.45) is 0 Å². The number of benzene rings is 4. The van der Waals surface area contributed by atoms with E-state index >= 15 is 0 Å². The van der Waals surface area contributed by atoms with Gasteiger partial charge in [-0.05, 0) is 40.1 Å². The second-order valence-corrected chi connectivity index (χ2v) is 16.3. The molecule has 3 unspecified atom stereocenters. The number of fused-ring (bicyclic) bond motifs is 3. The molecule has 4 aromatic carbocycles. The lowest BCUT2D eigenvalue weighted by molar-refractivity contribution is 0.315. The molecule has 3 atom stereocenters. The molecule has 0 saturated heterocycles. The van der Waals surface area contributed by atoms with Gasteiger partial charge in [-0.1, -0.05) is 74.0 Å². The normalized spacial score (nSPS) is 20.8. The fourth-order valence-corrected chi connectivity index (χ4v) is 12.1. The summed E-state index contributed by atoms with van der Waals surface area (Å²) in [7, 11) is 0.974. The molecule has 4 aromatic rings. The van der Waals surface area contributed by atoms with Crippen LogP contribution in [0.2, 0.25) is 0 Å². The summed E-state index contributed by atoms with van der Waals surface area (Å²) in [5, 5.41) is 6.82. The Morgan fingerprint density at radius 2 is 1.57 bits per heavy atom. The van der Waals surface area contributed by atoms with E-state index in [0.717, 1.165) is 14.0 Å². The van der Waals surface area contributed by atoms with Crippen LogP contribution in [-0.4, -0.2) is 18.7 Å². The highest BCUT2D eigenvalue weighted by Gasteiger charge is 2.52. The number of rotatable bonds is 5. The van der Waals surface area contributed by atoms with Crippen molar-refractivity contribution in [2.75, 3.05) is 12.8 Å². The van der Waals surface area contributed by atoms with E-state index in [1.54, 1.807) is 0 Å². The van der Waals surface area contributed by atoms with Gasteiger partial charge in [-0.2, -0.15) is 0 Å². The minimum atomic E-state index is -1.38. The third-order valence-electron chi connectivity index (χ3n) is 6.50. The van der Waals surface area contributed by atoms with Crippen LogP contribution in [-0.2, 0) is 0 Å². The molecule has 0 bridgehead atoms. The molecule has 1 nitrogen and oxygen atoms in total. The Hall–Kier alpha value is -1.94. The Balaban J connectivity index is 1.82. The zero-order valence-corrected chi connectivity index (χ0v) is 19.9. The fourth-order valence-electron chi connectivity index (χ4n) is 4.77. The van der Waals surface area contributed by atoms with E-state index in [0.29, 0.717) is 5.85 Å². The maximum absolute atomic E-state index is 6.50. The monoisotopic (exact) mass is 431 g/mol. The molecule has 0 radical (unpaired) electrons. The van der Waals surface area contributed by atoms with Gasteiger partial charge in [0.05, 0.1) is 14.9 Å². The van der Waals surface area contributed by atoms with Crippen LogP contribution >= 0.6 is 15.2 Å². The second-order valence-electron chi connectivity index (χ2n) is 8.40. The van der Waals surface area contributed by atoms with Gasteiger partial charge in [0.15, 0.2) is 5.75 Å². The molecule has 0 fully saturated rings. The third kappa shape index (κ3) is 3.15. The molecule has 0 N–H and O–H groups in total. The Morgan fingerprint density at radius 1 is 0.900 bits per heavy atom. The molecular formula is C27H29OP2+. The molecule has 1 aliphatic heterocycles. The van der Waals surface area contributed by atoms with Crippen molar-refractivity contribution in [2.45, 2.75) is 32.5 Å². The first-order valence-corrected chi connectivity index (χ1v) is 15.3. The minimum Gasteiger partial charge on any atom is -0.453 e. The van der Waals surface area contributed by atoms with E-state index in [9.17, 15) is 0 Å². The lowest BCUT2D eigenvalue weighted by Gasteiger charge is -2.23. The van der Waals surface area contributed by atoms with E-state index in [4.69, 9.17) is 4.74 Å². The zero-order chi connectivity index (χ0) is 20.7. The van der Waals surface area contributed by atoms with Crippen molar-refractivity contribution in [1.82, 2.24) is 0 Å².